The zero-order chi connectivity index (χ0) is 52.9. The third kappa shape index (κ3) is 7.30. The Labute approximate surface area is 454 Å². The molecule has 2 aliphatic heterocycles. The second-order valence-electron chi connectivity index (χ2n) is 29.1. The van der Waals surface area contributed by atoms with Crippen LogP contribution in [0.4, 0.5) is 34.1 Å². The van der Waals surface area contributed by atoms with Gasteiger partial charge in [0.2, 0.25) is 0 Å². The van der Waals surface area contributed by atoms with Crippen molar-refractivity contribution in [2.75, 3.05) is 9.80 Å². The fourth-order valence-electron chi connectivity index (χ4n) is 14.8. The summed E-state index contributed by atoms with van der Waals surface area (Å²) >= 11 is 2.09. The van der Waals surface area contributed by atoms with Crippen LogP contribution in [-0.4, -0.2) is 6.71 Å². The third-order valence-electron chi connectivity index (χ3n) is 20.0. The van der Waals surface area contributed by atoms with E-state index in [-0.39, 0.29) is 44.6 Å². The predicted molar refractivity (Wildman–Crippen MR) is 328 cm³/mol. The quantitative estimate of drug-likeness (QED) is 0.163. The van der Waals surface area contributed by atoms with Gasteiger partial charge in [0.15, 0.2) is 0 Å². The van der Waals surface area contributed by atoms with Crippen LogP contribution in [0, 0.1) is 6.92 Å². The highest BCUT2D eigenvalue weighted by Gasteiger charge is 2.49. The van der Waals surface area contributed by atoms with Crippen LogP contribution in [0.25, 0.3) is 32.0 Å². The zero-order valence-electron chi connectivity index (χ0n) is 48.1. The lowest BCUT2D eigenvalue weighted by Gasteiger charge is -2.47. The molecule has 13 rings (SSSR count). The highest BCUT2D eigenvalue weighted by Crippen LogP contribution is 2.56. The lowest BCUT2D eigenvalue weighted by atomic mass is 9.35. The zero-order valence-corrected chi connectivity index (χ0v) is 48.9. The second-order valence-corrected chi connectivity index (χ2v) is 30.1. The molecular formula is C71H79BN2S. The number of nitrogens with zero attached hydrogens (tertiary/aromatic N) is 2. The third-order valence-corrected chi connectivity index (χ3v) is 21.2. The first-order valence-corrected chi connectivity index (χ1v) is 29.3. The van der Waals surface area contributed by atoms with E-state index in [2.05, 4.69) is 247 Å². The molecule has 0 radical (unpaired) electrons. The Hall–Kier alpha value is -5.58. The van der Waals surface area contributed by atoms with E-state index in [0.717, 1.165) is 0 Å². The number of aryl methyl sites for hydroxylation is 1. The summed E-state index contributed by atoms with van der Waals surface area (Å²) in [6, 6.07) is 46.9. The number of fused-ring (bicyclic) bond motifs is 10. The largest absolute Gasteiger partial charge is 0.311 e. The molecule has 0 saturated carbocycles. The topological polar surface area (TPSA) is 6.48 Å². The minimum absolute atomic E-state index is 0.0282. The van der Waals surface area contributed by atoms with Gasteiger partial charge in [-0.3, -0.25) is 0 Å². The fraction of sp³-hybridized carbons (Fsp3) is 0.408. The average Bonchev–Trinajstić information content (AvgIpc) is 3.73. The summed E-state index contributed by atoms with van der Waals surface area (Å²) in [5.74, 6) is 0. The Morgan fingerprint density at radius 1 is 0.467 bits per heavy atom. The van der Waals surface area contributed by atoms with Crippen LogP contribution in [0.3, 0.4) is 0 Å². The summed E-state index contributed by atoms with van der Waals surface area (Å²) in [5.41, 5.74) is 25.4. The maximum atomic E-state index is 2.77. The van der Waals surface area contributed by atoms with Gasteiger partial charge in [-0.05, 0) is 216 Å². The molecule has 1 aromatic heterocycles. The van der Waals surface area contributed by atoms with Gasteiger partial charge in [-0.15, -0.1) is 11.3 Å². The van der Waals surface area contributed by atoms with E-state index in [4.69, 9.17) is 0 Å². The molecule has 382 valence electrons. The molecule has 5 aliphatic rings. The van der Waals surface area contributed by atoms with E-state index in [0.29, 0.717) is 0 Å². The van der Waals surface area contributed by atoms with Gasteiger partial charge in [0.25, 0.3) is 6.71 Å². The summed E-state index contributed by atoms with van der Waals surface area (Å²) in [6.45, 7) is 39.4. The van der Waals surface area contributed by atoms with Crippen molar-refractivity contribution in [1.29, 1.82) is 0 Å². The molecule has 7 aromatic carbocycles. The molecule has 0 amide bonds. The number of thiophene rings is 1. The smallest absolute Gasteiger partial charge is 0.264 e. The fourth-order valence-corrected chi connectivity index (χ4v) is 16.1. The molecule has 75 heavy (non-hydrogen) atoms. The first-order valence-electron chi connectivity index (χ1n) is 28.5. The Bertz CT molecular complexity index is 3750. The first-order chi connectivity index (χ1) is 35.2. The highest BCUT2D eigenvalue weighted by atomic mass is 32.1. The molecular weight excluding hydrogens is 924 g/mol. The van der Waals surface area contributed by atoms with Crippen molar-refractivity contribution in [3.8, 4) is 11.1 Å². The van der Waals surface area contributed by atoms with Crippen molar-refractivity contribution < 1.29 is 0 Å². The predicted octanol–water partition coefficient (Wildman–Crippen LogP) is 18.5. The van der Waals surface area contributed by atoms with Gasteiger partial charge < -0.3 is 9.80 Å². The molecule has 3 aliphatic carbocycles. The van der Waals surface area contributed by atoms with Gasteiger partial charge in [-0.1, -0.05) is 158 Å². The van der Waals surface area contributed by atoms with Gasteiger partial charge in [0.1, 0.15) is 0 Å². The Morgan fingerprint density at radius 3 is 1.64 bits per heavy atom. The highest BCUT2D eigenvalue weighted by molar-refractivity contribution is 7.33. The number of rotatable bonds is 3. The van der Waals surface area contributed by atoms with Crippen LogP contribution < -0.4 is 25.5 Å². The van der Waals surface area contributed by atoms with Gasteiger partial charge in [0, 0.05) is 43.2 Å². The molecule has 0 bridgehead atoms. The summed E-state index contributed by atoms with van der Waals surface area (Å²) < 4.78 is 2.89. The van der Waals surface area contributed by atoms with Crippen molar-refractivity contribution in [3.63, 3.8) is 0 Å². The maximum absolute atomic E-state index is 2.77. The molecule has 0 atom stereocenters. The number of anilines is 6. The number of benzene rings is 7. The molecule has 4 heteroatoms. The van der Waals surface area contributed by atoms with Gasteiger partial charge in [0.05, 0.1) is 11.4 Å². The minimum Gasteiger partial charge on any atom is -0.311 e. The number of hydrogen-bond acceptors (Lipinski definition) is 3. The molecule has 8 aromatic rings. The van der Waals surface area contributed by atoms with Crippen LogP contribution in [0.15, 0.2) is 115 Å². The van der Waals surface area contributed by atoms with Crippen molar-refractivity contribution in [3.05, 3.63) is 160 Å². The second kappa shape index (κ2) is 15.8. The van der Waals surface area contributed by atoms with Crippen LogP contribution in [0.2, 0.25) is 0 Å². The SMILES string of the molecule is Cc1cc2c3c(c1)N(c1ccc4c(c1)C(C)(C)CCC4(C)C)c1c(sc4cc5c(cc14)C(C)(C)CCC5(C)C)B3c1cc3c(cc1N2c1ccc(C(C)(C)C)cc1-c1ccc2ccccc2c1)C(C)(C)CCC3(C)C. The molecule has 0 N–H and O–H groups in total. The van der Waals surface area contributed by atoms with Crippen molar-refractivity contribution in [2.24, 2.45) is 0 Å². The molecule has 0 spiro atoms. The standard InChI is InChI=1S/C71H79BN2S/c1-42-33-59-62-60(34-42)74(57-26-23-46(65(2,3)4)36-48(57)45-22-21-43-19-17-18-20-44(43)35-45)58-40-54-53(69(11,12)30-31-70(54,13)14)39-56(58)72(62)64-63(49-38-52-55(41-61(49)75-64)71(15,16)32-29-68(52,9)10)73(59)47-24-25-50-51(37-47)67(7,8)28-27-66(50,5)6/h17-26,33-41H,27-32H2,1-16H3. The van der Waals surface area contributed by atoms with Gasteiger partial charge in [-0.2, -0.15) is 0 Å². The summed E-state index contributed by atoms with van der Waals surface area (Å²) in [5, 5.41) is 3.95. The van der Waals surface area contributed by atoms with Crippen LogP contribution in [0.1, 0.15) is 187 Å². The van der Waals surface area contributed by atoms with Crippen LogP contribution in [-0.2, 0) is 37.9 Å². The lowest BCUT2D eigenvalue weighted by Crippen LogP contribution is -2.61. The van der Waals surface area contributed by atoms with Crippen LogP contribution >= 0.6 is 11.3 Å². The normalized spacial score (nSPS) is 20.0. The van der Waals surface area contributed by atoms with E-state index < -0.39 is 0 Å². The Balaban J connectivity index is 1.17. The summed E-state index contributed by atoms with van der Waals surface area (Å²) in [7, 11) is 0. The molecule has 2 nitrogen and oxygen atoms in total. The minimum atomic E-state index is -0.0351. The van der Waals surface area contributed by atoms with E-state index >= 15 is 0 Å². The van der Waals surface area contributed by atoms with Crippen molar-refractivity contribution in [2.45, 2.75) is 187 Å². The molecule has 0 saturated heterocycles. The van der Waals surface area contributed by atoms with E-state index in [1.54, 1.807) is 0 Å². The molecule has 0 fully saturated rings. The lowest BCUT2D eigenvalue weighted by molar-refractivity contribution is 0.332. The van der Waals surface area contributed by atoms with Gasteiger partial charge in [-0.25, -0.2) is 0 Å². The maximum Gasteiger partial charge on any atom is 0.264 e. The van der Waals surface area contributed by atoms with Gasteiger partial charge >= 0.3 is 0 Å². The average molecular weight is 1000 g/mol. The molecule has 0 unspecified atom stereocenters. The van der Waals surface area contributed by atoms with E-state index in [1.165, 1.54) is 165 Å². The summed E-state index contributed by atoms with van der Waals surface area (Å²) in [6.07, 6.45) is 7.11. The molecule has 3 heterocycles. The van der Waals surface area contributed by atoms with E-state index in [9.17, 15) is 0 Å². The summed E-state index contributed by atoms with van der Waals surface area (Å²) in [4.78, 5) is 5.51. The van der Waals surface area contributed by atoms with Crippen molar-refractivity contribution >= 4 is 88.7 Å². The Morgan fingerprint density at radius 2 is 1.01 bits per heavy atom. The number of hydrogen-bond donors (Lipinski definition) is 0. The Kier molecular flexibility index (Phi) is 10.3. The van der Waals surface area contributed by atoms with E-state index in [1.807, 2.05) is 0 Å². The monoisotopic (exact) mass is 1000 g/mol. The van der Waals surface area contributed by atoms with Crippen molar-refractivity contribution in [1.82, 2.24) is 0 Å². The van der Waals surface area contributed by atoms with Crippen LogP contribution in [0.5, 0.6) is 0 Å². The first kappa shape index (κ1) is 49.0.